The average molecular weight is 275 g/mol. The number of hydrogen-bond acceptors (Lipinski definition) is 4. The number of carbonyl (C=O) groups excluding carboxylic acids is 1. The third-order valence-electron chi connectivity index (χ3n) is 3.20. The van der Waals surface area contributed by atoms with E-state index in [-0.39, 0.29) is 17.4 Å². The summed E-state index contributed by atoms with van der Waals surface area (Å²) in [6.45, 7) is 1.50. The Bertz CT molecular complexity index is 620. The average Bonchev–Trinajstić information content (AvgIpc) is 3.11. The summed E-state index contributed by atoms with van der Waals surface area (Å²) in [4.78, 5) is 12.0. The van der Waals surface area contributed by atoms with Crippen LogP contribution >= 0.6 is 0 Å². The van der Waals surface area contributed by atoms with Crippen LogP contribution in [0.1, 0.15) is 22.2 Å². The fourth-order valence-corrected chi connectivity index (χ4v) is 2.10. The highest BCUT2D eigenvalue weighted by atomic mass is 19.1. The number of hydrazine groups is 1. The van der Waals surface area contributed by atoms with Gasteiger partial charge in [-0.3, -0.25) is 15.6 Å². The molecule has 1 aliphatic rings. The first-order valence-electron chi connectivity index (χ1n) is 6.35. The van der Waals surface area contributed by atoms with Gasteiger partial charge in [0.1, 0.15) is 11.6 Å². The molecule has 6 heteroatoms. The first-order valence-corrected chi connectivity index (χ1v) is 6.35. The van der Waals surface area contributed by atoms with Gasteiger partial charge in [-0.1, -0.05) is 12.1 Å². The molecule has 0 saturated carbocycles. The number of hydrogen-bond donors (Lipinski definition) is 3. The second kappa shape index (κ2) is 5.44. The van der Waals surface area contributed by atoms with Gasteiger partial charge in [0, 0.05) is 19.0 Å². The van der Waals surface area contributed by atoms with E-state index in [1.165, 1.54) is 12.1 Å². The van der Waals surface area contributed by atoms with Crippen LogP contribution in [-0.2, 0) is 0 Å². The number of halogens is 1. The van der Waals surface area contributed by atoms with Crippen LogP contribution in [0, 0.1) is 5.82 Å². The Morgan fingerprint density at radius 3 is 2.70 bits per heavy atom. The molecule has 104 valence electrons. The Labute approximate surface area is 115 Å². The van der Waals surface area contributed by atoms with Crippen LogP contribution in [0.2, 0.25) is 0 Å². The van der Waals surface area contributed by atoms with Gasteiger partial charge in [0.2, 0.25) is 0 Å². The summed E-state index contributed by atoms with van der Waals surface area (Å²) in [5, 5.41) is 2.49. The lowest BCUT2D eigenvalue weighted by molar-refractivity contribution is 0.0994. The molecule has 3 N–H and O–H groups in total. The highest BCUT2D eigenvalue weighted by Gasteiger charge is 2.21. The highest BCUT2D eigenvalue weighted by molar-refractivity contribution is 6.02. The van der Waals surface area contributed by atoms with Crippen LogP contribution in [0.4, 0.5) is 10.1 Å². The van der Waals surface area contributed by atoms with Crippen molar-refractivity contribution < 1.29 is 13.6 Å². The van der Waals surface area contributed by atoms with E-state index >= 15 is 0 Å². The first-order chi connectivity index (χ1) is 9.74. The van der Waals surface area contributed by atoms with Crippen LogP contribution in [-0.4, -0.2) is 19.0 Å². The summed E-state index contributed by atoms with van der Waals surface area (Å²) < 4.78 is 19.0. The Morgan fingerprint density at radius 1 is 1.20 bits per heavy atom. The second-order valence-electron chi connectivity index (χ2n) is 4.59. The standard InChI is InChI=1S/C14H14FN3O2/c15-10-3-1-2-4-11(10)18-14(19)13-6-5-12(20-13)9-7-16-17-8-9/h1-6,9,16-17H,7-8H2,(H,18,19). The summed E-state index contributed by atoms with van der Waals surface area (Å²) in [6, 6.07) is 9.39. The van der Waals surface area contributed by atoms with Gasteiger partial charge in [0.05, 0.1) is 5.69 Å². The van der Waals surface area contributed by atoms with Crippen molar-refractivity contribution >= 4 is 11.6 Å². The van der Waals surface area contributed by atoms with Crippen molar-refractivity contribution in [3.05, 3.63) is 53.7 Å². The zero-order chi connectivity index (χ0) is 13.9. The Balaban J connectivity index is 1.73. The van der Waals surface area contributed by atoms with Crippen molar-refractivity contribution in [2.75, 3.05) is 18.4 Å². The summed E-state index contributed by atoms with van der Waals surface area (Å²) in [6.07, 6.45) is 0. The van der Waals surface area contributed by atoms with Crippen molar-refractivity contribution in [2.45, 2.75) is 5.92 Å². The smallest absolute Gasteiger partial charge is 0.291 e. The van der Waals surface area contributed by atoms with E-state index < -0.39 is 11.7 Å². The maximum absolute atomic E-state index is 13.5. The third kappa shape index (κ3) is 2.56. The van der Waals surface area contributed by atoms with E-state index in [0.29, 0.717) is 0 Å². The van der Waals surface area contributed by atoms with Crippen LogP contribution in [0.15, 0.2) is 40.8 Å². The lowest BCUT2D eigenvalue weighted by atomic mass is 10.1. The molecule has 0 spiro atoms. The van der Waals surface area contributed by atoms with Crippen molar-refractivity contribution in [3.63, 3.8) is 0 Å². The predicted molar refractivity (Wildman–Crippen MR) is 71.8 cm³/mol. The zero-order valence-electron chi connectivity index (χ0n) is 10.7. The van der Waals surface area contributed by atoms with Crippen molar-refractivity contribution in [2.24, 2.45) is 0 Å². The van der Waals surface area contributed by atoms with Gasteiger partial charge >= 0.3 is 0 Å². The minimum atomic E-state index is -0.475. The van der Waals surface area contributed by atoms with Crippen molar-refractivity contribution in [3.8, 4) is 0 Å². The van der Waals surface area contributed by atoms with E-state index in [0.717, 1.165) is 18.8 Å². The molecule has 1 aromatic carbocycles. The van der Waals surface area contributed by atoms with Crippen LogP contribution in [0.3, 0.4) is 0 Å². The fraction of sp³-hybridized carbons (Fsp3) is 0.214. The number of amides is 1. The molecule has 1 saturated heterocycles. The number of rotatable bonds is 3. The van der Waals surface area contributed by atoms with E-state index in [4.69, 9.17) is 4.42 Å². The molecule has 2 aromatic rings. The maximum atomic E-state index is 13.5. The Morgan fingerprint density at radius 2 is 1.95 bits per heavy atom. The number of para-hydroxylation sites is 1. The van der Waals surface area contributed by atoms with Gasteiger partial charge in [-0.15, -0.1) is 0 Å². The fourth-order valence-electron chi connectivity index (χ4n) is 2.10. The molecular formula is C14H14FN3O2. The Hall–Kier alpha value is -2.18. The largest absolute Gasteiger partial charge is 0.456 e. The maximum Gasteiger partial charge on any atom is 0.291 e. The normalized spacial score (nSPS) is 15.4. The van der Waals surface area contributed by atoms with Gasteiger partial charge in [0.15, 0.2) is 5.76 Å². The van der Waals surface area contributed by atoms with Crippen LogP contribution in [0.25, 0.3) is 0 Å². The van der Waals surface area contributed by atoms with E-state index in [1.54, 1.807) is 24.3 Å². The highest BCUT2D eigenvalue weighted by Crippen LogP contribution is 2.21. The van der Waals surface area contributed by atoms with Crippen LogP contribution in [0.5, 0.6) is 0 Å². The SMILES string of the molecule is O=C(Nc1ccccc1F)c1ccc(C2CNNC2)o1. The molecule has 0 unspecified atom stereocenters. The third-order valence-corrected chi connectivity index (χ3v) is 3.20. The molecule has 20 heavy (non-hydrogen) atoms. The monoisotopic (exact) mass is 275 g/mol. The summed E-state index contributed by atoms with van der Waals surface area (Å²) in [5.74, 6) is 0.179. The number of carbonyl (C=O) groups is 1. The topological polar surface area (TPSA) is 66.3 Å². The Kier molecular flexibility index (Phi) is 3.49. The van der Waals surface area contributed by atoms with Crippen molar-refractivity contribution in [1.29, 1.82) is 0 Å². The molecule has 0 atom stereocenters. The zero-order valence-corrected chi connectivity index (χ0v) is 10.7. The molecule has 2 heterocycles. The molecule has 0 radical (unpaired) electrons. The minimum Gasteiger partial charge on any atom is -0.456 e. The number of anilines is 1. The summed E-state index contributed by atoms with van der Waals surface area (Å²) in [5.41, 5.74) is 6.13. The van der Waals surface area contributed by atoms with Crippen molar-refractivity contribution in [1.82, 2.24) is 10.9 Å². The predicted octanol–water partition coefficient (Wildman–Crippen LogP) is 1.86. The molecule has 0 bridgehead atoms. The van der Waals surface area contributed by atoms with Gasteiger partial charge in [-0.05, 0) is 24.3 Å². The molecule has 0 aliphatic carbocycles. The molecule has 1 fully saturated rings. The quantitative estimate of drug-likeness (QED) is 0.800. The molecule has 1 aromatic heterocycles. The lowest BCUT2D eigenvalue weighted by Gasteiger charge is -2.05. The lowest BCUT2D eigenvalue weighted by Crippen LogP contribution is -2.21. The van der Waals surface area contributed by atoms with E-state index in [2.05, 4.69) is 16.2 Å². The molecule has 1 aliphatic heterocycles. The molecule has 5 nitrogen and oxygen atoms in total. The number of furan rings is 1. The minimum absolute atomic E-state index is 0.139. The van der Waals surface area contributed by atoms with E-state index in [9.17, 15) is 9.18 Å². The van der Waals surface area contributed by atoms with Gasteiger partial charge in [-0.25, -0.2) is 4.39 Å². The second-order valence-corrected chi connectivity index (χ2v) is 4.59. The number of benzene rings is 1. The van der Waals surface area contributed by atoms with E-state index in [1.807, 2.05) is 0 Å². The van der Waals surface area contributed by atoms with Gasteiger partial charge < -0.3 is 9.73 Å². The molecule has 3 rings (SSSR count). The first kappa shape index (κ1) is 12.8. The molecular weight excluding hydrogens is 261 g/mol. The summed E-state index contributed by atoms with van der Waals surface area (Å²) >= 11 is 0. The summed E-state index contributed by atoms with van der Waals surface area (Å²) in [7, 11) is 0. The van der Waals surface area contributed by atoms with Crippen LogP contribution < -0.4 is 16.2 Å². The number of nitrogens with one attached hydrogen (secondary N) is 3. The van der Waals surface area contributed by atoms with Gasteiger partial charge in [0.25, 0.3) is 5.91 Å². The van der Waals surface area contributed by atoms with Gasteiger partial charge in [-0.2, -0.15) is 0 Å². The molecule has 1 amide bonds.